The fourth-order valence-electron chi connectivity index (χ4n) is 1.03. The summed E-state index contributed by atoms with van der Waals surface area (Å²) in [6.07, 6.45) is 1.94. The third-order valence-corrected chi connectivity index (χ3v) is 2.66. The van der Waals surface area contributed by atoms with Crippen molar-refractivity contribution in [1.29, 1.82) is 0 Å². The highest BCUT2D eigenvalue weighted by atomic mass is 16.4. The first-order valence-electron chi connectivity index (χ1n) is 7.73. The van der Waals surface area contributed by atoms with Gasteiger partial charge in [0.05, 0.1) is 0 Å². The van der Waals surface area contributed by atoms with Crippen LogP contribution in [-0.4, -0.2) is 69.0 Å². The van der Waals surface area contributed by atoms with Crippen LogP contribution in [0.2, 0.25) is 0 Å². The lowest BCUT2D eigenvalue weighted by Gasteiger charge is -2.03. The highest BCUT2D eigenvalue weighted by Crippen LogP contribution is 1.97. The van der Waals surface area contributed by atoms with Crippen LogP contribution < -0.4 is 22.9 Å². The molecular weight excluding hydrogens is 352 g/mol. The maximum Gasteiger partial charge on any atom is 0.320 e. The lowest BCUT2D eigenvalue weighted by atomic mass is 10.1. The Hall–Kier alpha value is -2.28. The van der Waals surface area contributed by atoms with Gasteiger partial charge in [-0.15, -0.1) is 0 Å². The summed E-state index contributed by atoms with van der Waals surface area (Å²) in [5.74, 6) is -4.09. The number of nitrogens with two attached hydrogens (primary N) is 4. The number of unbranched alkanes of at least 4 members (excludes halogenated alkanes) is 1. The first kappa shape index (κ1) is 28.5. The Labute approximate surface area is 151 Å². The van der Waals surface area contributed by atoms with E-state index in [9.17, 15) is 19.2 Å². The molecule has 0 aromatic carbocycles. The van der Waals surface area contributed by atoms with Gasteiger partial charge in [-0.25, -0.2) is 0 Å². The summed E-state index contributed by atoms with van der Waals surface area (Å²) in [6.45, 7) is 2.02. The molecule has 12 N–H and O–H groups in total. The summed E-state index contributed by atoms with van der Waals surface area (Å²) in [6, 6.07) is -2.51. The van der Waals surface area contributed by atoms with Crippen LogP contribution in [0.25, 0.3) is 0 Å². The molecule has 0 saturated carbocycles. The number of hydrogen-bond donors (Lipinski definition) is 8. The second-order valence-corrected chi connectivity index (χ2v) is 5.23. The van der Waals surface area contributed by atoms with Gasteiger partial charge in [-0.2, -0.15) is 0 Å². The maximum atomic E-state index is 10.1. The number of rotatable bonds is 10. The maximum absolute atomic E-state index is 10.1. The van der Waals surface area contributed by atoms with E-state index in [0.717, 1.165) is 12.8 Å². The van der Waals surface area contributed by atoms with Gasteiger partial charge in [-0.1, -0.05) is 6.42 Å². The van der Waals surface area contributed by atoms with Crippen LogP contribution in [-0.2, 0) is 19.2 Å². The van der Waals surface area contributed by atoms with Crippen LogP contribution >= 0.6 is 0 Å². The minimum Gasteiger partial charge on any atom is -0.481 e. The molecule has 0 amide bonds. The molecule has 0 aliphatic carbocycles. The molecule has 0 fully saturated rings. The van der Waals surface area contributed by atoms with Crippen molar-refractivity contribution in [2.24, 2.45) is 22.9 Å². The van der Waals surface area contributed by atoms with E-state index in [4.69, 9.17) is 43.4 Å². The van der Waals surface area contributed by atoms with Gasteiger partial charge in [-0.05, 0) is 32.7 Å². The van der Waals surface area contributed by atoms with Gasteiger partial charge in [0, 0.05) is 6.42 Å². The number of hydrogen-bond acceptors (Lipinski definition) is 8. The van der Waals surface area contributed by atoms with Crippen LogP contribution in [0.1, 0.15) is 39.0 Å². The number of carboxylic acid groups (broad SMARTS) is 4. The van der Waals surface area contributed by atoms with Crippen LogP contribution in [0.3, 0.4) is 0 Å². The van der Waals surface area contributed by atoms with Crippen molar-refractivity contribution in [3.8, 4) is 0 Å². The van der Waals surface area contributed by atoms with E-state index in [-0.39, 0.29) is 12.8 Å². The fourth-order valence-corrected chi connectivity index (χ4v) is 1.03. The van der Waals surface area contributed by atoms with Crippen molar-refractivity contribution in [1.82, 2.24) is 0 Å². The predicted octanol–water partition coefficient (Wildman–Crippen LogP) is -1.79. The lowest BCUT2D eigenvalue weighted by Crippen LogP contribution is -2.30. The first-order valence-corrected chi connectivity index (χ1v) is 7.73. The zero-order valence-electron chi connectivity index (χ0n) is 14.7. The Morgan fingerprint density at radius 2 is 1.15 bits per heavy atom. The summed E-state index contributed by atoms with van der Waals surface area (Å²) in [4.78, 5) is 39.6. The molecule has 0 heterocycles. The van der Waals surface area contributed by atoms with Crippen molar-refractivity contribution in [3.05, 3.63) is 0 Å². The first-order chi connectivity index (χ1) is 11.9. The lowest BCUT2D eigenvalue weighted by molar-refractivity contribution is -0.140. The Morgan fingerprint density at radius 1 is 0.769 bits per heavy atom. The molecule has 0 unspecified atom stereocenters. The molecule has 12 heteroatoms. The van der Waals surface area contributed by atoms with E-state index in [2.05, 4.69) is 0 Å². The quantitative estimate of drug-likeness (QED) is 0.195. The van der Waals surface area contributed by atoms with E-state index < -0.39 is 42.0 Å². The molecule has 0 rings (SSSR count). The van der Waals surface area contributed by atoms with E-state index >= 15 is 0 Å². The molecule has 0 aliphatic rings. The van der Waals surface area contributed by atoms with Crippen molar-refractivity contribution in [3.63, 3.8) is 0 Å². The van der Waals surface area contributed by atoms with E-state index in [0.29, 0.717) is 13.0 Å². The molecule has 0 spiro atoms. The summed E-state index contributed by atoms with van der Waals surface area (Å²) >= 11 is 0. The minimum absolute atomic E-state index is 0.0231. The predicted molar refractivity (Wildman–Crippen MR) is 92.3 cm³/mol. The standard InChI is InChI=1S/C6H14N2O2.C5H9NO4.C3H7NO2/c7-4-2-1-3-5(8)6(9)10;6-3(5(9)10)1-2-4(7)8;1-2(4)3(5)6/h5H,1-4,7-8H2,(H,9,10);3H,1-2,6H2,(H,7,8)(H,9,10);2H,4H2,1H3,(H,5,6)/t5-;3-;2-/m000/s1. The van der Waals surface area contributed by atoms with Gasteiger partial charge in [0.25, 0.3) is 0 Å². The van der Waals surface area contributed by atoms with E-state index in [1.165, 1.54) is 6.92 Å². The van der Waals surface area contributed by atoms with Crippen molar-refractivity contribution in [2.45, 2.75) is 57.2 Å². The average Bonchev–Trinajstić information content (AvgIpc) is 2.53. The summed E-state index contributed by atoms with van der Waals surface area (Å²) in [5, 5.41) is 32.5. The zero-order valence-corrected chi connectivity index (χ0v) is 14.7. The van der Waals surface area contributed by atoms with Crippen molar-refractivity contribution in [2.75, 3.05) is 6.54 Å². The SMILES string of the molecule is C[C@H](N)C(=O)O.NCCCC[C@H](N)C(=O)O.N[C@@H](CCC(=O)O)C(=O)O. The molecule has 0 bridgehead atoms. The highest BCUT2D eigenvalue weighted by molar-refractivity contribution is 5.74. The smallest absolute Gasteiger partial charge is 0.320 e. The van der Waals surface area contributed by atoms with Crippen molar-refractivity contribution >= 4 is 23.9 Å². The summed E-state index contributed by atoms with van der Waals surface area (Å²) in [5.41, 5.74) is 20.3. The molecular formula is C14H30N4O8. The van der Waals surface area contributed by atoms with Crippen LogP contribution in [0.5, 0.6) is 0 Å². The average molecular weight is 382 g/mol. The minimum atomic E-state index is -1.17. The molecule has 3 atom stereocenters. The number of carbonyl (C=O) groups is 4. The van der Waals surface area contributed by atoms with Gasteiger partial charge in [-0.3, -0.25) is 19.2 Å². The topological polar surface area (TPSA) is 253 Å². The molecule has 0 aromatic rings. The van der Waals surface area contributed by atoms with Gasteiger partial charge in [0.1, 0.15) is 18.1 Å². The van der Waals surface area contributed by atoms with E-state index in [1.807, 2.05) is 0 Å². The molecule has 0 aromatic heterocycles. The Balaban J connectivity index is -0.000000316. The van der Waals surface area contributed by atoms with Gasteiger partial charge in [0.2, 0.25) is 0 Å². The second-order valence-electron chi connectivity index (χ2n) is 5.23. The van der Waals surface area contributed by atoms with E-state index in [1.54, 1.807) is 0 Å². The van der Waals surface area contributed by atoms with Gasteiger partial charge in [0.15, 0.2) is 0 Å². The van der Waals surface area contributed by atoms with Crippen LogP contribution in [0, 0.1) is 0 Å². The van der Waals surface area contributed by atoms with Crippen molar-refractivity contribution < 1.29 is 39.6 Å². The Kier molecular flexibility index (Phi) is 19.2. The monoisotopic (exact) mass is 382 g/mol. The molecule has 12 nitrogen and oxygen atoms in total. The van der Waals surface area contributed by atoms with Crippen LogP contribution in [0.15, 0.2) is 0 Å². The summed E-state index contributed by atoms with van der Waals surface area (Å²) in [7, 11) is 0. The van der Waals surface area contributed by atoms with Gasteiger partial charge < -0.3 is 43.4 Å². The van der Waals surface area contributed by atoms with Gasteiger partial charge >= 0.3 is 23.9 Å². The normalized spacial score (nSPS) is 13.0. The fraction of sp³-hybridized carbons (Fsp3) is 0.714. The zero-order chi connectivity index (χ0) is 21.3. The molecule has 0 saturated heterocycles. The molecule has 0 aliphatic heterocycles. The molecule has 0 radical (unpaired) electrons. The molecule has 154 valence electrons. The third kappa shape index (κ3) is 24.0. The molecule has 26 heavy (non-hydrogen) atoms. The summed E-state index contributed by atoms with van der Waals surface area (Å²) < 4.78 is 0. The number of carboxylic acids is 4. The van der Waals surface area contributed by atoms with Crippen LogP contribution in [0.4, 0.5) is 0 Å². The second kappa shape index (κ2) is 17.5. The number of aliphatic carboxylic acids is 4. The Morgan fingerprint density at radius 3 is 1.42 bits per heavy atom. The largest absolute Gasteiger partial charge is 0.481 e. The third-order valence-electron chi connectivity index (χ3n) is 2.66. The highest BCUT2D eigenvalue weighted by Gasteiger charge is 2.12. The Bertz CT molecular complexity index is 431.